The summed E-state index contributed by atoms with van der Waals surface area (Å²) in [5.41, 5.74) is 1.82. The molecular formula is C21H21F2N3OS. The molecule has 1 aliphatic carbocycles. The topological polar surface area (TPSA) is 46.9 Å². The van der Waals surface area contributed by atoms with Crippen LogP contribution in [0.1, 0.15) is 47.3 Å². The predicted octanol–water partition coefficient (Wildman–Crippen LogP) is 5.26. The minimum Gasteiger partial charge on any atom is -0.339 e. The fraction of sp³-hybridized carbons (Fsp3) is 0.333. The van der Waals surface area contributed by atoms with Gasteiger partial charge >= 0.3 is 0 Å². The molecule has 0 spiro atoms. The Hall–Kier alpha value is -2.54. The first-order valence-corrected chi connectivity index (χ1v) is 10.3. The highest BCUT2D eigenvalue weighted by Gasteiger charge is 2.23. The SMILES string of the molecule is O=C(Nc1nccs1)c1c(CC2CCCC2)ccn1Cc1ccc(F)cc1F. The average molecular weight is 401 g/mol. The van der Waals surface area contributed by atoms with E-state index in [1.807, 2.05) is 12.3 Å². The summed E-state index contributed by atoms with van der Waals surface area (Å²) in [5, 5.41) is 5.15. The fourth-order valence-corrected chi connectivity index (χ4v) is 4.41. The molecule has 1 aromatic carbocycles. The first-order chi connectivity index (χ1) is 13.6. The molecule has 0 bridgehead atoms. The molecule has 146 valence electrons. The summed E-state index contributed by atoms with van der Waals surface area (Å²) in [6, 6.07) is 5.46. The third kappa shape index (κ3) is 4.14. The molecule has 3 aromatic rings. The Bertz CT molecular complexity index is 962. The van der Waals surface area contributed by atoms with Crippen molar-refractivity contribution in [2.45, 2.75) is 38.6 Å². The lowest BCUT2D eigenvalue weighted by atomic mass is 9.98. The lowest BCUT2D eigenvalue weighted by Gasteiger charge is -2.14. The van der Waals surface area contributed by atoms with Crippen molar-refractivity contribution in [3.05, 3.63) is 70.5 Å². The van der Waals surface area contributed by atoms with Crippen LogP contribution in [0.2, 0.25) is 0 Å². The van der Waals surface area contributed by atoms with E-state index in [1.165, 1.54) is 49.2 Å². The van der Waals surface area contributed by atoms with Gasteiger partial charge in [0.15, 0.2) is 5.13 Å². The molecule has 2 heterocycles. The number of rotatable bonds is 6. The fourth-order valence-electron chi connectivity index (χ4n) is 3.89. The molecule has 1 fully saturated rings. The third-order valence-electron chi connectivity index (χ3n) is 5.25. The number of nitrogens with zero attached hydrogens (tertiary/aromatic N) is 2. The highest BCUT2D eigenvalue weighted by Crippen LogP contribution is 2.30. The second-order valence-electron chi connectivity index (χ2n) is 7.20. The maximum atomic E-state index is 14.1. The van der Waals surface area contributed by atoms with Crippen molar-refractivity contribution in [1.82, 2.24) is 9.55 Å². The van der Waals surface area contributed by atoms with Gasteiger partial charge in [-0.1, -0.05) is 31.7 Å². The zero-order valence-corrected chi connectivity index (χ0v) is 16.1. The van der Waals surface area contributed by atoms with E-state index in [4.69, 9.17) is 0 Å². The van der Waals surface area contributed by atoms with Crippen LogP contribution < -0.4 is 5.32 Å². The van der Waals surface area contributed by atoms with Gasteiger partial charge in [-0.25, -0.2) is 13.8 Å². The van der Waals surface area contributed by atoms with Gasteiger partial charge in [-0.3, -0.25) is 10.1 Å². The van der Waals surface area contributed by atoms with Gasteiger partial charge in [-0.15, -0.1) is 11.3 Å². The first-order valence-electron chi connectivity index (χ1n) is 9.43. The van der Waals surface area contributed by atoms with E-state index >= 15 is 0 Å². The molecule has 0 unspecified atom stereocenters. The molecular weight excluding hydrogens is 380 g/mol. The van der Waals surface area contributed by atoms with Crippen molar-refractivity contribution in [3.63, 3.8) is 0 Å². The Kier molecular flexibility index (Phi) is 5.52. The number of nitrogens with one attached hydrogen (secondary N) is 1. The van der Waals surface area contributed by atoms with Crippen LogP contribution >= 0.6 is 11.3 Å². The number of carbonyl (C=O) groups excluding carboxylic acids is 1. The van der Waals surface area contributed by atoms with Crippen LogP contribution in [-0.2, 0) is 13.0 Å². The molecule has 4 rings (SSSR count). The highest BCUT2D eigenvalue weighted by atomic mass is 32.1. The van der Waals surface area contributed by atoms with Crippen molar-refractivity contribution in [1.29, 1.82) is 0 Å². The normalized spacial score (nSPS) is 14.5. The quantitative estimate of drug-likeness (QED) is 0.613. The van der Waals surface area contributed by atoms with Gasteiger partial charge in [0.05, 0.1) is 6.54 Å². The maximum Gasteiger partial charge on any atom is 0.274 e. The molecule has 1 amide bonds. The molecule has 0 aliphatic heterocycles. The van der Waals surface area contributed by atoms with Crippen LogP contribution in [0.15, 0.2) is 42.0 Å². The van der Waals surface area contributed by atoms with Gasteiger partial charge in [-0.2, -0.15) is 0 Å². The molecule has 0 atom stereocenters. The van der Waals surface area contributed by atoms with Crippen molar-refractivity contribution < 1.29 is 13.6 Å². The Morgan fingerprint density at radius 3 is 2.75 bits per heavy atom. The van der Waals surface area contributed by atoms with Gasteiger partial charge < -0.3 is 4.57 Å². The van der Waals surface area contributed by atoms with E-state index in [1.54, 1.807) is 16.1 Å². The second-order valence-corrected chi connectivity index (χ2v) is 8.09. The summed E-state index contributed by atoms with van der Waals surface area (Å²) in [6.07, 6.45) is 9.08. The highest BCUT2D eigenvalue weighted by molar-refractivity contribution is 7.13. The number of hydrogen-bond acceptors (Lipinski definition) is 3. The lowest BCUT2D eigenvalue weighted by molar-refractivity contribution is 0.101. The van der Waals surface area contributed by atoms with Crippen LogP contribution in [0.25, 0.3) is 0 Å². The third-order valence-corrected chi connectivity index (χ3v) is 5.94. The Labute approximate surface area is 166 Å². The van der Waals surface area contributed by atoms with Gasteiger partial charge in [-0.05, 0) is 30.0 Å². The van der Waals surface area contributed by atoms with Gasteiger partial charge in [0, 0.05) is 29.4 Å². The number of benzene rings is 1. The molecule has 1 N–H and O–H groups in total. The molecule has 2 aromatic heterocycles. The van der Waals surface area contributed by atoms with Gasteiger partial charge in [0.1, 0.15) is 17.3 Å². The molecule has 28 heavy (non-hydrogen) atoms. The molecule has 7 heteroatoms. The Morgan fingerprint density at radius 2 is 2.04 bits per heavy atom. The van der Waals surface area contributed by atoms with Crippen LogP contribution in [0.4, 0.5) is 13.9 Å². The maximum absolute atomic E-state index is 14.1. The average Bonchev–Trinajstić information content (AvgIpc) is 3.40. The number of carbonyl (C=O) groups is 1. The van der Waals surface area contributed by atoms with Crippen LogP contribution in [0.3, 0.4) is 0 Å². The van der Waals surface area contributed by atoms with Crippen LogP contribution in [0.5, 0.6) is 0 Å². The number of aromatic nitrogens is 2. The number of hydrogen-bond donors (Lipinski definition) is 1. The minimum atomic E-state index is -0.614. The number of halogens is 2. The number of amides is 1. The van der Waals surface area contributed by atoms with Crippen molar-refractivity contribution in [2.75, 3.05) is 5.32 Å². The number of thiazole rings is 1. The predicted molar refractivity (Wildman–Crippen MR) is 106 cm³/mol. The molecule has 0 saturated heterocycles. The zero-order chi connectivity index (χ0) is 19.5. The lowest BCUT2D eigenvalue weighted by Crippen LogP contribution is -2.20. The number of anilines is 1. The van der Waals surface area contributed by atoms with E-state index in [2.05, 4.69) is 10.3 Å². The summed E-state index contributed by atoms with van der Waals surface area (Å²) >= 11 is 1.35. The monoisotopic (exact) mass is 401 g/mol. The molecule has 1 aliphatic rings. The minimum absolute atomic E-state index is 0.164. The summed E-state index contributed by atoms with van der Waals surface area (Å²) in [7, 11) is 0. The van der Waals surface area contributed by atoms with Crippen molar-refractivity contribution in [3.8, 4) is 0 Å². The Morgan fingerprint density at radius 1 is 1.21 bits per heavy atom. The molecule has 4 nitrogen and oxygen atoms in total. The zero-order valence-electron chi connectivity index (χ0n) is 15.3. The van der Waals surface area contributed by atoms with E-state index in [-0.39, 0.29) is 12.5 Å². The van der Waals surface area contributed by atoms with Crippen molar-refractivity contribution in [2.24, 2.45) is 5.92 Å². The summed E-state index contributed by atoms with van der Waals surface area (Å²) in [6.45, 7) is 0.164. The van der Waals surface area contributed by atoms with Crippen LogP contribution in [-0.4, -0.2) is 15.5 Å². The first kappa shape index (κ1) is 18.8. The smallest absolute Gasteiger partial charge is 0.274 e. The molecule has 1 saturated carbocycles. The second kappa shape index (κ2) is 8.22. The van der Waals surface area contributed by atoms with Gasteiger partial charge in [0.25, 0.3) is 5.91 Å². The van der Waals surface area contributed by atoms with E-state index in [0.717, 1.165) is 18.1 Å². The molecule has 0 radical (unpaired) electrons. The standard InChI is InChI=1S/C21H21F2N3OS/c22-17-6-5-16(18(23)12-17)13-26-9-7-15(11-14-3-1-2-4-14)19(26)20(27)25-21-24-8-10-28-21/h5-10,12,14H,1-4,11,13H2,(H,24,25,27). The summed E-state index contributed by atoms with van der Waals surface area (Å²) < 4.78 is 29.1. The summed E-state index contributed by atoms with van der Waals surface area (Å²) in [5.74, 6) is -0.907. The largest absolute Gasteiger partial charge is 0.339 e. The van der Waals surface area contributed by atoms with Crippen molar-refractivity contribution >= 4 is 22.4 Å². The van der Waals surface area contributed by atoms with E-state index in [9.17, 15) is 13.6 Å². The van der Waals surface area contributed by atoms with Gasteiger partial charge in [0.2, 0.25) is 0 Å². The van der Waals surface area contributed by atoms with Crippen LogP contribution in [0, 0.1) is 17.6 Å². The summed E-state index contributed by atoms with van der Waals surface area (Å²) in [4.78, 5) is 17.1. The van der Waals surface area contributed by atoms with E-state index < -0.39 is 11.6 Å². The Balaban J connectivity index is 1.64. The van der Waals surface area contributed by atoms with E-state index in [0.29, 0.717) is 22.3 Å².